The highest BCUT2D eigenvalue weighted by atomic mass is 19.1. The van der Waals surface area contributed by atoms with Gasteiger partial charge in [0.05, 0.1) is 12.3 Å². The minimum absolute atomic E-state index is 0.0928. The van der Waals surface area contributed by atoms with Crippen molar-refractivity contribution in [1.29, 1.82) is 0 Å². The molecule has 1 aromatic rings. The van der Waals surface area contributed by atoms with Gasteiger partial charge in [0.15, 0.2) is 0 Å². The molecule has 5 nitrogen and oxygen atoms in total. The number of rotatable bonds is 11. The number of likely N-dealkylation sites (N-methyl/N-ethyl adjacent to an activating group) is 1. The molecule has 27 heavy (non-hydrogen) atoms. The number of anilines is 2. The van der Waals surface area contributed by atoms with E-state index in [1.165, 1.54) is 6.08 Å². The third kappa shape index (κ3) is 6.73. The molecule has 6 heteroatoms. The lowest BCUT2D eigenvalue weighted by Gasteiger charge is -2.30. The lowest BCUT2D eigenvalue weighted by Crippen LogP contribution is -2.34. The van der Waals surface area contributed by atoms with Crippen LogP contribution in [0.1, 0.15) is 38.9 Å². The molecular weight excluding hydrogens is 345 g/mol. The normalized spacial score (nSPS) is 14.9. The van der Waals surface area contributed by atoms with Gasteiger partial charge < -0.3 is 25.4 Å². The summed E-state index contributed by atoms with van der Waals surface area (Å²) in [6.45, 7) is 12.7. The third-order valence-corrected chi connectivity index (χ3v) is 4.35. The molecule has 0 spiro atoms. The van der Waals surface area contributed by atoms with E-state index in [0.717, 1.165) is 23.4 Å². The first-order valence-electron chi connectivity index (χ1n) is 9.02. The van der Waals surface area contributed by atoms with Gasteiger partial charge in [-0.05, 0) is 50.6 Å². The van der Waals surface area contributed by atoms with E-state index in [-0.39, 0.29) is 12.4 Å². The second-order valence-electron chi connectivity index (χ2n) is 6.41. The molecule has 3 N–H and O–H groups in total. The number of halogens is 1. The van der Waals surface area contributed by atoms with Crippen molar-refractivity contribution in [3.63, 3.8) is 0 Å². The number of hydrogen-bond donors (Lipinski definition) is 3. The van der Waals surface area contributed by atoms with Crippen LogP contribution in [0.3, 0.4) is 0 Å². The smallest absolute Gasteiger partial charge is 0.127 e. The van der Waals surface area contributed by atoms with Gasteiger partial charge in [-0.15, -0.1) is 0 Å². The first-order chi connectivity index (χ1) is 12.7. The summed E-state index contributed by atoms with van der Waals surface area (Å²) in [5, 5.41) is 16.8. The van der Waals surface area contributed by atoms with E-state index in [4.69, 9.17) is 4.74 Å². The van der Waals surface area contributed by atoms with Crippen LogP contribution in [0.15, 0.2) is 55.0 Å². The average molecular weight is 378 g/mol. The monoisotopic (exact) mass is 377 g/mol. The fourth-order valence-electron chi connectivity index (χ4n) is 2.65. The Balaban J connectivity index is 3.05. The maximum Gasteiger partial charge on any atom is 0.127 e. The molecule has 150 valence electrons. The largest absolute Gasteiger partial charge is 0.389 e. The van der Waals surface area contributed by atoms with Gasteiger partial charge in [0.1, 0.15) is 12.1 Å². The van der Waals surface area contributed by atoms with Crippen LogP contribution in [0, 0.1) is 0 Å². The Bertz CT molecular complexity index is 669. The van der Waals surface area contributed by atoms with Crippen LogP contribution in [0.25, 0.3) is 0 Å². The van der Waals surface area contributed by atoms with Crippen molar-refractivity contribution in [3.8, 4) is 0 Å². The van der Waals surface area contributed by atoms with E-state index < -0.39 is 11.9 Å². The fourth-order valence-corrected chi connectivity index (χ4v) is 2.65. The summed E-state index contributed by atoms with van der Waals surface area (Å²) in [7, 11) is 3.48. The molecule has 0 aromatic heterocycles. The maximum atomic E-state index is 13.2. The molecule has 0 radical (unpaired) electrons. The first kappa shape index (κ1) is 22.7. The molecule has 0 amide bonds. The molecule has 0 aliphatic rings. The molecule has 1 aromatic carbocycles. The zero-order valence-corrected chi connectivity index (χ0v) is 16.9. The van der Waals surface area contributed by atoms with Crippen molar-refractivity contribution >= 4 is 11.4 Å². The summed E-state index contributed by atoms with van der Waals surface area (Å²) >= 11 is 0. The van der Waals surface area contributed by atoms with E-state index in [1.807, 2.05) is 44.0 Å². The van der Waals surface area contributed by atoms with E-state index in [1.54, 1.807) is 20.1 Å². The second-order valence-corrected chi connectivity index (χ2v) is 6.41. The van der Waals surface area contributed by atoms with Crippen LogP contribution in [-0.2, 0) is 4.74 Å². The number of benzene rings is 1. The molecule has 3 atom stereocenters. The Hall–Kier alpha value is -2.31. The number of allylic oxidation sites excluding steroid dienone is 3. The molecule has 0 heterocycles. The maximum absolute atomic E-state index is 13.2. The van der Waals surface area contributed by atoms with E-state index >= 15 is 0 Å². The van der Waals surface area contributed by atoms with Crippen molar-refractivity contribution < 1.29 is 14.2 Å². The van der Waals surface area contributed by atoms with Gasteiger partial charge in [-0.1, -0.05) is 20.1 Å². The van der Waals surface area contributed by atoms with Gasteiger partial charge >= 0.3 is 0 Å². The summed E-state index contributed by atoms with van der Waals surface area (Å²) in [6, 6.07) is 5.73. The van der Waals surface area contributed by atoms with Crippen LogP contribution in [0.2, 0.25) is 0 Å². The van der Waals surface area contributed by atoms with Crippen molar-refractivity contribution in [1.82, 2.24) is 4.90 Å². The standard InChI is InChI=1S/C21H32FN3O2/c1-8-18(12-14(3)22)25(6)16(5)23-20-11-10-17(13-19(20)15(4)26)24-21(9-2)27-7/h8,10-13,15-16,21,23-24,26H,1,3,9H2,2,4-7H3/b18-12+. The van der Waals surface area contributed by atoms with E-state index in [0.29, 0.717) is 5.70 Å². The molecular formula is C21H32FN3O2. The second kappa shape index (κ2) is 10.7. The number of ether oxygens (including phenoxy) is 1. The summed E-state index contributed by atoms with van der Waals surface area (Å²) in [6.07, 6.45) is 2.79. The van der Waals surface area contributed by atoms with Crippen LogP contribution in [0.5, 0.6) is 0 Å². The number of nitrogens with one attached hydrogen (secondary N) is 2. The van der Waals surface area contributed by atoms with Crippen molar-refractivity contribution in [2.45, 2.75) is 45.7 Å². The van der Waals surface area contributed by atoms with Gasteiger partial charge in [0, 0.05) is 36.8 Å². The Labute approximate surface area is 162 Å². The highest BCUT2D eigenvalue weighted by Gasteiger charge is 2.16. The zero-order chi connectivity index (χ0) is 20.6. The quantitative estimate of drug-likeness (QED) is 0.383. The van der Waals surface area contributed by atoms with Crippen molar-refractivity contribution in [2.24, 2.45) is 0 Å². The molecule has 0 saturated carbocycles. The Morgan fingerprint density at radius 1 is 1.37 bits per heavy atom. The molecule has 0 saturated heterocycles. The van der Waals surface area contributed by atoms with E-state index in [9.17, 15) is 9.50 Å². The number of hydrogen-bond acceptors (Lipinski definition) is 5. The first-order valence-corrected chi connectivity index (χ1v) is 9.02. The van der Waals surface area contributed by atoms with Gasteiger partial charge in [0.25, 0.3) is 0 Å². The summed E-state index contributed by atoms with van der Waals surface area (Å²) in [5.74, 6) is -0.535. The number of aliphatic hydroxyl groups excluding tert-OH is 1. The zero-order valence-electron chi connectivity index (χ0n) is 16.9. The molecule has 3 unspecified atom stereocenters. The Morgan fingerprint density at radius 2 is 2.04 bits per heavy atom. The molecule has 0 fully saturated rings. The van der Waals surface area contributed by atoms with Crippen molar-refractivity contribution in [2.75, 3.05) is 24.8 Å². The predicted octanol–water partition coefficient (Wildman–Crippen LogP) is 4.78. The minimum Gasteiger partial charge on any atom is -0.389 e. The van der Waals surface area contributed by atoms with Gasteiger partial charge in [-0.3, -0.25) is 0 Å². The summed E-state index contributed by atoms with van der Waals surface area (Å²) in [4.78, 5) is 1.84. The molecule has 0 aliphatic carbocycles. The molecule has 0 aliphatic heterocycles. The molecule has 0 bridgehead atoms. The fraction of sp³-hybridized carbons (Fsp3) is 0.429. The minimum atomic E-state index is -0.658. The average Bonchev–Trinajstić information content (AvgIpc) is 2.63. The van der Waals surface area contributed by atoms with Gasteiger partial charge in [0.2, 0.25) is 0 Å². The highest BCUT2D eigenvalue weighted by Crippen LogP contribution is 2.28. The third-order valence-electron chi connectivity index (χ3n) is 4.35. The van der Waals surface area contributed by atoms with Crippen LogP contribution in [0.4, 0.5) is 15.8 Å². The highest BCUT2D eigenvalue weighted by molar-refractivity contribution is 5.61. The van der Waals surface area contributed by atoms with Crippen LogP contribution in [-0.4, -0.2) is 36.6 Å². The number of aliphatic hydroxyl groups is 1. The van der Waals surface area contributed by atoms with Gasteiger partial charge in [-0.2, -0.15) is 0 Å². The Morgan fingerprint density at radius 3 is 2.52 bits per heavy atom. The van der Waals surface area contributed by atoms with Gasteiger partial charge in [-0.25, -0.2) is 4.39 Å². The lowest BCUT2D eigenvalue weighted by atomic mass is 10.1. The lowest BCUT2D eigenvalue weighted by molar-refractivity contribution is 0.122. The Kier molecular flexibility index (Phi) is 9.05. The SMILES string of the molecule is C=C/C(=C\C(=C)F)N(C)C(C)Nc1ccc(NC(CC)OC)cc1C(C)O. The molecule has 1 rings (SSSR count). The topological polar surface area (TPSA) is 56.8 Å². The summed E-state index contributed by atoms with van der Waals surface area (Å²) < 4.78 is 18.5. The van der Waals surface area contributed by atoms with E-state index in [2.05, 4.69) is 23.8 Å². The van der Waals surface area contributed by atoms with Crippen LogP contribution < -0.4 is 10.6 Å². The number of methoxy groups -OCH3 is 1. The predicted molar refractivity (Wildman–Crippen MR) is 111 cm³/mol. The summed E-state index contributed by atoms with van der Waals surface area (Å²) in [5.41, 5.74) is 3.02. The van der Waals surface area contributed by atoms with Crippen molar-refractivity contribution in [3.05, 3.63) is 60.6 Å². The number of nitrogens with zero attached hydrogens (tertiary/aromatic N) is 1. The van der Waals surface area contributed by atoms with Crippen LogP contribution >= 0.6 is 0 Å².